The molecule has 0 spiro atoms. The first-order valence-electron chi connectivity index (χ1n) is 4.65. The Morgan fingerprint density at radius 1 is 1.00 bits per heavy atom. The zero-order valence-electron chi connectivity index (χ0n) is 8.59. The maximum atomic E-state index is 12.6. The second kappa shape index (κ2) is 3.83. The van der Waals surface area contributed by atoms with Crippen molar-refractivity contribution in [1.29, 1.82) is 0 Å². The summed E-state index contributed by atoms with van der Waals surface area (Å²) in [6, 6.07) is 1.47. The van der Waals surface area contributed by atoms with Crippen molar-refractivity contribution in [2.45, 2.75) is 6.18 Å². The van der Waals surface area contributed by atoms with Crippen LogP contribution in [0.1, 0.15) is 15.9 Å². The first kappa shape index (κ1) is 12.1. The van der Waals surface area contributed by atoms with E-state index in [1.165, 1.54) is 0 Å². The molecular formula is C10H5F3N2O3. The fourth-order valence-electron chi connectivity index (χ4n) is 1.52. The van der Waals surface area contributed by atoms with Gasteiger partial charge < -0.3 is 9.97 Å². The van der Waals surface area contributed by atoms with Crippen molar-refractivity contribution < 1.29 is 18.0 Å². The quantitative estimate of drug-likeness (QED) is 0.592. The van der Waals surface area contributed by atoms with Gasteiger partial charge in [-0.1, -0.05) is 0 Å². The highest BCUT2D eigenvalue weighted by molar-refractivity contribution is 5.86. The molecule has 0 atom stereocenters. The van der Waals surface area contributed by atoms with Crippen LogP contribution in [0.2, 0.25) is 0 Å². The molecule has 0 amide bonds. The van der Waals surface area contributed by atoms with Gasteiger partial charge in [-0.25, -0.2) is 0 Å². The monoisotopic (exact) mass is 258 g/mol. The summed E-state index contributed by atoms with van der Waals surface area (Å²) in [7, 11) is 0. The van der Waals surface area contributed by atoms with E-state index in [0.29, 0.717) is 6.07 Å². The van der Waals surface area contributed by atoms with Gasteiger partial charge in [-0.15, -0.1) is 0 Å². The van der Waals surface area contributed by atoms with Gasteiger partial charge in [0.2, 0.25) is 0 Å². The minimum Gasteiger partial charge on any atom is -0.316 e. The van der Waals surface area contributed by atoms with Crippen LogP contribution in [0.15, 0.2) is 21.7 Å². The highest BCUT2D eigenvalue weighted by Crippen LogP contribution is 2.32. The van der Waals surface area contributed by atoms with Gasteiger partial charge in [0, 0.05) is 5.56 Å². The minimum atomic E-state index is -4.72. The average Bonchev–Trinajstić information content (AvgIpc) is 2.28. The van der Waals surface area contributed by atoms with Gasteiger partial charge in [0.25, 0.3) is 0 Å². The number of hydrogen-bond donors (Lipinski definition) is 2. The van der Waals surface area contributed by atoms with Gasteiger partial charge in [-0.05, 0) is 12.1 Å². The largest absolute Gasteiger partial charge is 0.417 e. The second-order valence-corrected chi connectivity index (χ2v) is 3.51. The number of nitrogens with one attached hydrogen (secondary N) is 2. The van der Waals surface area contributed by atoms with E-state index in [1.807, 2.05) is 4.98 Å². The number of aromatic amines is 2. The molecule has 0 fully saturated rings. The van der Waals surface area contributed by atoms with Crippen molar-refractivity contribution in [2.75, 3.05) is 0 Å². The van der Waals surface area contributed by atoms with Crippen molar-refractivity contribution in [3.05, 3.63) is 44.0 Å². The summed E-state index contributed by atoms with van der Waals surface area (Å²) in [5.74, 6) is 0. The Kier molecular flexibility index (Phi) is 2.57. The van der Waals surface area contributed by atoms with Crippen molar-refractivity contribution in [3.63, 3.8) is 0 Å². The Morgan fingerprint density at radius 3 is 1.94 bits per heavy atom. The molecule has 2 N–H and O–H groups in total. The molecular weight excluding hydrogens is 253 g/mol. The van der Waals surface area contributed by atoms with Crippen molar-refractivity contribution in [2.24, 2.45) is 0 Å². The molecule has 0 saturated heterocycles. The van der Waals surface area contributed by atoms with Crippen LogP contribution in [-0.2, 0) is 6.18 Å². The van der Waals surface area contributed by atoms with Crippen LogP contribution in [0.3, 0.4) is 0 Å². The van der Waals surface area contributed by atoms with E-state index in [2.05, 4.69) is 4.98 Å². The first-order valence-corrected chi connectivity index (χ1v) is 4.65. The zero-order chi connectivity index (χ0) is 13.5. The Bertz CT molecular complexity index is 743. The SMILES string of the molecule is O=Cc1cc2[nH]c(=O)c(=O)[nH]c2cc1C(F)(F)F. The van der Waals surface area contributed by atoms with Crippen LogP contribution in [0, 0.1) is 0 Å². The molecule has 0 aliphatic carbocycles. The lowest BCUT2D eigenvalue weighted by molar-refractivity contribution is -0.137. The number of carbonyl (C=O) groups excluding carboxylic acids is 1. The van der Waals surface area contributed by atoms with Gasteiger partial charge in [0.1, 0.15) is 0 Å². The van der Waals surface area contributed by atoms with E-state index < -0.39 is 28.4 Å². The lowest BCUT2D eigenvalue weighted by Gasteiger charge is -2.10. The molecule has 0 bridgehead atoms. The summed E-state index contributed by atoms with van der Waals surface area (Å²) in [5, 5.41) is 0. The minimum absolute atomic E-state index is 0.0334. The summed E-state index contributed by atoms with van der Waals surface area (Å²) in [6.45, 7) is 0. The molecule has 5 nitrogen and oxygen atoms in total. The summed E-state index contributed by atoms with van der Waals surface area (Å²) in [4.78, 5) is 36.7. The number of carbonyl (C=O) groups is 1. The van der Waals surface area contributed by atoms with E-state index in [0.717, 1.165) is 6.07 Å². The topological polar surface area (TPSA) is 82.8 Å². The smallest absolute Gasteiger partial charge is 0.316 e. The van der Waals surface area contributed by atoms with Gasteiger partial charge in [0.15, 0.2) is 6.29 Å². The first-order chi connectivity index (χ1) is 8.32. The summed E-state index contributed by atoms with van der Waals surface area (Å²) < 4.78 is 37.9. The van der Waals surface area contributed by atoms with Crippen LogP contribution in [0.25, 0.3) is 11.0 Å². The Hall–Kier alpha value is -2.38. The Labute approximate surface area is 96.3 Å². The number of aromatic nitrogens is 2. The third-order valence-corrected chi connectivity index (χ3v) is 2.32. The van der Waals surface area contributed by atoms with Gasteiger partial charge in [0.05, 0.1) is 16.6 Å². The molecule has 1 aromatic heterocycles. The Balaban J connectivity index is 2.90. The standard InChI is InChI=1S/C10H5F3N2O3/c11-10(12,13)5-2-7-6(1-4(5)3-16)14-8(17)9(18)15-7/h1-3H,(H,14,17)(H,15,18). The second-order valence-electron chi connectivity index (χ2n) is 3.51. The van der Waals surface area contributed by atoms with E-state index in [4.69, 9.17) is 0 Å². The fourth-order valence-corrected chi connectivity index (χ4v) is 1.52. The molecule has 94 valence electrons. The molecule has 1 heterocycles. The van der Waals surface area contributed by atoms with E-state index in [1.54, 1.807) is 0 Å². The molecule has 0 saturated carbocycles. The normalized spacial score (nSPS) is 11.7. The summed E-state index contributed by atoms with van der Waals surface area (Å²) >= 11 is 0. The maximum absolute atomic E-state index is 12.6. The number of fused-ring (bicyclic) bond motifs is 1. The maximum Gasteiger partial charge on any atom is 0.417 e. The summed E-state index contributed by atoms with van der Waals surface area (Å²) in [5.41, 5.74) is -4.09. The van der Waals surface area contributed by atoms with Crippen molar-refractivity contribution >= 4 is 17.3 Å². The van der Waals surface area contributed by atoms with E-state index in [-0.39, 0.29) is 17.3 Å². The number of benzene rings is 1. The third kappa shape index (κ3) is 1.92. The van der Waals surface area contributed by atoms with E-state index >= 15 is 0 Å². The van der Waals surface area contributed by atoms with Crippen LogP contribution in [0.5, 0.6) is 0 Å². The predicted molar refractivity (Wildman–Crippen MR) is 55.6 cm³/mol. The number of rotatable bonds is 1. The van der Waals surface area contributed by atoms with E-state index in [9.17, 15) is 27.6 Å². The lowest BCUT2D eigenvalue weighted by Crippen LogP contribution is -2.29. The predicted octanol–water partition coefficient (Wildman–Crippen LogP) is 1.05. The van der Waals surface area contributed by atoms with Crippen LogP contribution in [0.4, 0.5) is 13.2 Å². The highest BCUT2D eigenvalue weighted by atomic mass is 19.4. The van der Waals surface area contributed by atoms with Crippen LogP contribution < -0.4 is 11.1 Å². The molecule has 0 unspecified atom stereocenters. The molecule has 2 aromatic rings. The molecule has 0 aliphatic heterocycles. The van der Waals surface area contributed by atoms with Gasteiger partial charge in [-0.2, -0.15) is 13.2 Å². The zero-order valence-corrected chi connectivity index (χ0v) is 8.59. The number of halogens is 3. The van der Waals surface area contributed by atoms with Crippen LogP contribution in [-0.4, -0.2) is 16.3 Å². The summed E-state index contributed by atoms with van der Waals surface area (Å²) in [6.07, 6.45) is -4.69. The number of hydrogen-bond acceptors (Lipinski definition) is 3. The average molecular weight is 258 g/mol. The number of alkyl halides is 3. The lowest BCUT2D eigenvalue weighted by atomic mass is 10.1. The van der Waals surface area contributed by atoms with Gasteiger partial charge in [-0.3, -0.25) is 14.4 Å². The fraction of sp³-hybridized carbons (Fsp3) is 0.100. The molecule has 0 aliphatic rings. The third-order valence-electron chi connectivity index (χ3n) is 2.32. The molecule has 1 aromatic carbocycles. The number of aldehydes is 1. The molecule has 2 rings (SSSR count). The van der Waals surface area contributed by atoms with Crippen LogP contribution >= 0.6 is 0 Å². The molecule has 0 radical (unpaired) electrons. The van der Waals surface area contributed by atoms with Crippen molar-refractivity contribution in [3.8, 4) is 0 Å². The van der Waals surface area contributed by atoms with Crippen molar-refractivity contribution in [1.82, 2.24) is 9.97 Å². The Morgan fingerprint density at radius 2 is 1.50 bits per heavy atom. The molecule has 18 heavy (non-hydrogen) atoms. The molecule has 8 heteroatoms. The number of H-pyrrole nitrogens is 2. The van der Waals surface area contributed by atoms with Gasteiger partial charge >= 0.3 is 17.3 Å². The highest BCUT2D eigenvalue weighted by Gasteiger charge is 2.33.